The van der Waals surface area contributed by atoms with Crippen LogP contribution in [0.4, 0.5) is 14.7 Å². The van der Waals surface area contributed by atoms with Crippen LogP contribution in [-0.2, 0) is 0 Å². The van der Waals surface area contributed by atoms with E-state index in [4.69, 9.17) is 5.73 Å². The monoisotopic (exact) mass is 130 g/mol. The molecule has 0 saturated heterocycles. The summed E-state index contributed by atoms with van der Waals surface area (Å²) in [6, 6.07) is 0.512. The number of nitrogens with one attached hydrogen (secondary N) is 1. The van der Waals surface area contributed by atoms with Gasteiger partial charge in [0.2, 0.25) is 0 Å². The third-order valence-electron chi connectivity index (χ3n) is 0.664. The van der Waals surface area contributed by atoms with Crippen LogP contribution in [-0.4, -0.2) is 9.97 Å². The first-order chi connectivity index (χ1) is 4.18. The van der Waals surface area contributed by atoms with Gasteiger partial charge in [0.25, 0.3) is 0 Å². The number of halogens is 2. The van der Waals surface area contributed by atoms with Gasteiger partial charge in [0.1, 0.15) is 11.9 Å². The van der Waals surface area contributed by atoms with Gasteiger partial charge >= 0.3 is 0 Å². The Labute approximate surface area is 49.5 Å². The van der Waals surface area contributed by atoms with E-state index < -0.39 is 17.8 Å². The Bertz CT molecular complexity index is 175. The van der Waals surface area contributed by atoms with Gasteiger partial charge in [-0.2, -0.15) is 0 Å². The molecular formula is C4H2F2N3-. The summed E-state index contributed by atoms with van der Waals surface area (Å²) in [5.41, 5.74) is 6.57. The molecule has 1 rings (SSSR count). The number of rotatable bonds is 0. The van der Waals surface area contributed by atoms with E-state index in [2.05, 4.69) is 9.97 Å². The molecular weight excluding hydrogens is 128 g/mol. The van der Waals surface area contributed by atoms with Gasteiger partial charge in [-0.3, -0.25) is 0 Å². The Morgan fingerprint density at radius 2 is 1.67 bits per heavy atom. The molecule has 0 saturated carbocycles. The maximum Gasteiger partial charge on any atom is 0.149 e. The van der Waals surface area contributed by atoms with Gasteiger partial charge in [-0.15, -0.1) is 0 Å². The highest BCUT2D eigenvalue weighted by Gasteiger charge is 1.88. The van der Waals surface area contributed by atoms with Crippen molar-refractivity contribution in [1.29, 1.82) is 0 Å². The average molecular weight is 130 g/mol. The Kier molecular flexibility index (Phi) is 1.26. The molecule has 0 unspecified atom stereocenters. The third kappa shape index (κ3) is 1.31. The maximum atomic E-state index is 11.9. The maximum absolute atomic E-state index is 11.9. The second-order valence-corrected chi connectivity index (χ2v) is 1.34. The number of hydrogen-bond donors (Lipinski definition) is 0. The Hall–Kier alpha value is -1.26. The van der Waals surface area contributed by atoms with Crippen molar-refractivity contribution in [3.63, 3.8) is 0 Å². The van der Waals surface area contributed by atoms with Crippen LogP contribution in [0.5, 0.6) is 0 Å². The molecule has 48 valence electrons. The van der Waals surface area contributed by atoms with E-state index in [1.54, 1.807) is 0 Å². The third-order valence-corrected chi connectivity index (χ3v) is 0.664. The minimum absolute atomic E-state index is 0.512. The van der Waals surface area contributed by atoms with Gasteiger partial charge in [-0.25, -0.2) is 8.78 Å². The molecule has 0 radical (unpaired) electrons. The van der Waals surface area contributed by atoms with Crippen molar-refractivity contribution < 1.29 is 8.78 Å². The second kappa shape index (κ2) is 1.93. The lowest BCUT2D eigenvalue weighted by molar-refractivity contribution is 0.530. The van der Waals surface area contributed by atoms with E-state index in [1.165, 1.54) is 0 Å². The van der Waals surface area contributed by atoms with Gasteiger partial charge < -0.3 is 15.7 Å². The van der Waals surface area contributed by atoms with Crippen LogP contribution in [0.1, 0.15) is 0 Å². The summed E-state index contributed by atoms with van der Waals surface area (Å²) in [5.74, 6) is -2.69. The highest BCUT2D eigenvalue weighted by Crippen LogP contribution is 2.02. The molecule has 0 spiro atoms. The van der Waals surface area contributed by atoms with Crippen LogP contribution in [0.25, 0.3) is 5.73 Å². The summed E-state index contributed by atoms with van der Waals surface area (Å²) in [7, 11) is 0. The minimum atomic E-state index is -1.02. The first-order valence-electron chi connectivity index (χ1n) is 2.10. The highest BCUT2D eigenvalue weighted by atomic mass is 19.1. The predicted molar refractivity (Wildman–Crippen MR) is 25.9 cm³/mol. The zero-order valence-electron chi connectivity index (χ0n) is 4.23. The highest BCUT2D eigenvalue weighted by molar-refractivity contribution is 5.20. The molecule has 0 aliphatic carbocycles. The van der Waals surface area contributed by atoms with Gasteiger partial charge in [-0.1, -0.05) is 0 Å². The van der Waals surface area contributed by atoms with Crippen LogP contribution in [0, 0.1) is 11.9 Å². The van der Waals surface area contributed by atoms with Gasteiger partial charge in [0, 0.05) is 12.0 Å². The van der Waals surface area contributed by atoms with E-state index in [1.807, 2.05) is 0 Å². The molecule has 5 heteroatoms. The predicted octanol–water partition coefficient (Wildman–Crippen LogP) is 1.44. The van der Waals surface area contributed by atoms with Crippen molar-refractivity contribution in [2.24, 2.45) is 0 Å². The van der Waals surface area contributed by atoms with Crippen LogP contribution in [0.15, 0.2) is 6.07 Å². The summed E-state index contributed by atoms with van der Waals surface area (Å²) in [6.07, 6.45) is 0. The fourth-order valence-corrected chi connectivity index (χ4v) is 0.390. The molecule has 1 heterocycles. The smallest absolute Gasteiger partial charge is 0.149 e. The molecule has 3 nitrogen and oxygen atoms in total. The van der Waals surface area contributed by atoms with Crippen LogP contribution in [0.2, 0.25) is 0 Å². The van der Waals surface area contributed by atoms with Crippen LogP contribution < -0.4 is 0 Å². The summed E-state index contributed by atoms with van der Waals surface area (Å²) in [6.45, 7) is 0. The minimum Gasteiger partial charge on any atom is -0.410 e. The molecule has 9 heavy (non-hydrogen) atoms. The number of hydrogen-bond acceptors (Lipinski definition) is 2. The Balaban J connectivity index is 3.17. The van der Waals surface area contributed by atoms with Crippen molar-refractivity contribution in [2.75, 3.05) is 0 Å². The normalized spacial score (nSPS) is 9.56. The SMILES string of the molecule is [NH-]c1nc(F)cc(F)n1. The summed E-state index contributed by atoms with van der Waals surface area (Å²) in [5, 5.41) is 0. The zero-order chi connectivity index (χ0) is 6.85. The molecule has 0 aliphatic heterocycles. The lowest BCUT2D eigenvalue weighted by Crippen LogP contribution is -1.88. The largest absolute Gasteiger partial charge is 0.410 e. The van der Waals surface area contributed by atoms with Crippen molar-refractivity contribution in [3.05, 3.63) is 23.7 Å². The summed E-state index contributed by atoms with van der Waals surface area (Å²) < 4.78 is 23.8. The standard InChI is InChI=1S/C4H2F2N3/c5-2-1-3(6)9-4(7)8-2/h1H,(H-,7,8,9)/q-1. The molecule has 1 N–H and O–H groups in total. The van der Waals surface area contributed by atoms with E-state index in [0.717, 1.165) is 0 Å². The van der Waals surface area contributed by atoms with Gasteiger partial charge in [0.05, 0.1) is 0 Å². The Morgan fingerprint density at radius 1 is 1.22 bits per heavy atom. The molecule has 0 aliphatic rings. The lowest BCUT2D eigenvalue weighted by Gasteiger charge is -2.00. The first-order valence-corrected chi connectivity index (χ1v) is 2.10. The Morgan fingerprint density at radius 3 is 2.00 bits per heavy atom. The molecule has 0 amide bonds. The molecule has 1 aromatic rings. The molecule has 0 bridgehead atoms. The van der Waals surface area contributed by atoms with Crippen LogP contribution in [0.3, 0.4) is 0 Å². The molecule has 1 aromatic heterocycles. The first kappa shape index (κ1) is 5.87. The summed E-state index contributed by atoms with van der Waals surface area (Å²) >= 11 is 0. The quantitative estimate of drug-likeness (QED) is 0.499. The fraction of sp³-hybridized carbons (Fsp3) is 0. The van der Waals surface area contributed by atoms with Crippen molar-refractivity contribution in [3.8, 4) is 0 Å². The topological polar surface area (TPSA) is 49.6 Å². The lowest BCUT2D eigenvalue weighted by atomic mass is 10.6. The van der Waals surface area contributed by atoms with E-state index in [0.29, 0.717) is 6.07 Å². The number of nitrogens with zero attached hydrogens (tertiary/aromatic N) is 2. The van der Waals surface area contributed by atoms with Crippen LogP contribution >= 0.6 is 0 Å². The van der Waals surface area contributed by atoms with E-state index in [9.17, 15) is 8.78 Å². The summed E-state index contributed by atoms with van der Waals surface area (Å²) in [4.78, 5) is 5.77. The number of aromatic nitrogens is 2. The van der Waals surface area contributed by atoms with Crippen molar-refractivity contribution in [2.45, 2.75) is 0 Å². The van der Waals surface area contributed by atoms with E-state index >= 15 is 0 Å². The van der Waals surface area contributed by atoms with E-state index in [-0.39, 0.29) is 0 Å². The molecule has 0 fully saturated rings. The molecule has 0 aromatic carbocycles. The average Bonchev–Trinajstić information content (AvgIpc) is 1.59. The van der Waals surface area contributed by atoms with Gasteiger partial charge in [0.15, 0.2) is 0 Å². The van der Waals surface area contributed by atoms with Crippen molar-refractivity contribution >= 4 is 5.95 Å². The van der Waals surface area contributed by atoms with Crippen molar-refractivity contribution in [1.82, 2.24) is 9.97 Å². The van der Waals surface area contributed by atoms with Gasteiger partial charge in [-0.05, 0) is 0 Å². The second-order valence-electron chi connectivity index (χ2n) is 1.34. The fourth-order valence-electron chi connectivity index (χ4n) is 0.390. The zero-order valence-corrected chi connectivity index (χ0v) is 4.23. The molecule has 0 atom stereocenters.